The number of nitrogens with zero attached hydrogens (tertiary/aromatic N) is 2. The number of H-pyrrole nitrogens is 1. The summed E-state index contributed by atoms with van der Waals surface area (Å²) in [5, 5.41) is 3.64. The molecule has 0 atom stereocenters. The molecule has 126 valence electrons. The van der Waals surface area contributed by atoms with E-state index in [1.807, 2.05) is 6.92 Å². The molecule has 0 aliphatic heterocycles. The van der Waals surface area contributed by atoms with Gasteiger partial charge in [0.05, 0.1) is 16.9 Å². The highest BCUT2D eigenvalue weighted by molar-refractivity contribution is 6.30. The molecule has 0 unspecified atom stereocenters. The van der Waals surface area contributed by atoms with E-state index in [1.165, 1.54) is 17.8 Å². The van der Waals surface area contributed by atoms with Gasteiger partial charge in [-0.25, -0.2) is 4.68 Å². The first kappa shape index (κ1) is 16.9. The zero-order valence-corrected chi connectivity index (χ0v) is 14.5. The van der Waals surface area contributed by atoms with Crippen LogP contribution in [0.15, 0.2) is 58.3 Å². The van der Waals surface area contributed by atoms with E-state index in [1.54, 1.807) is 48.5 Å². The Morgan fingerprint density at radius 3 is 2.36 bits per heavy atom. The summed E-state index contributed by atoms with van der Waals surface area (Å²) < 4.78 is 1.45. The highest BCUT2D eigenvalue weighted by atomic mass is 35.5. The van der Waals surface area contributed by atoms with Crippen LogP contribution in [-0.4, -0.2) is 21.8 Å². The number of rotatable bonds is 4. The van der Waals surface area contributed by atoms with Crippen LogP contribution in [0, 0.1) is 6.92 Å². The van der Waals surface area contributed by atoms with Crippen molar-refractivity contribution in [1.29, 1.82) is 0 Å². The van der Waals surface area contributed by atoms with Crippen LogP contribution >= 0.6 is 11.6 Å². The van der Waals surface area contributed by atoms with Crippen molar-refractivity contribution in [2.24, 2.45) is 4.99 Å². The smallest absolute Gasteiger partial charge is 0.280 e. The Morgan fingerprint density at radius 2 is 1.76 bits per heavy atom. The van der Waals surface area contributed by atoms with E-state index in [9.17, 15) is 9.59 Å². The Bertz CT molecular complexity index is 997. The van der Waals surface area contributed by atoms with E-state index >= 15 is 0 Å². The Morgan fingerprint density at radius 1 is 1.12 bits per heavy atom. The van der Waals surface area contributed by atoms with E-state index in [-0.39, 0.29) is 11.3 Å². The van der Waals surface area contributed by atoms with Gasteiger partial charge in [-0.15, -0.1) is 0 Å². The summed E-state index contributed by atoms with van der Waals surface area (Å²) in [6, 6.07) is 13.9. The maximum Gasteiger partial charge on any atom is 0.280 e. The van der Waals surface area contributed by atoms with Crippen molar-refractivity contribution in [2.45, 2.75) is 13.8 Å². The van der Waals surface area contributed by atoms with Crippen LogP contribution in [0.4, 0.5) is 5.69 Å². The van der Waals surface area contributed by atoms with Crippen molar-refractivity contribution in [1.82, 2.24) is 9.78 Å². The molecule has 5 nitrogen and oxygen atoms in total. The third kappa shape index (κ3) is 3.61. The Kier molecular flexibility index (Phi) is 4.67. The number of aromatic nitrogens is 2. The number of carbonyl (C=O) groups excluding carboxylic acids is 1. The van der Waals surface area contributed by atoms with Crippen molar-refractivity contribution in [3.05, 3.63) is 80.7 Å². The molecular weight excluding hydrogens is 338 g/mol. The monoisotopic (exact) mass is 353 g/mol. The maximum absolute atomic E-state index is 12.6. The summed E-state index contributed by atoms with van der Waals surface area (Å²) in [5.41, 5.74) is 2.99. The van der Waals surface area contributed by atoms with Gasteiger partial charge < -0.3 is 0 Å². The van der Waals surface area contributed by atoms with Crippen LogP contribution in [0.1, 0.15) is 28.5 Å². The zero-order chi connectivity index (χ0) is 18.0. The van der Waals surface area contributed by atoms with Gasteiger partial charge in [0.25, 0.3) is 5.56 Å². The lowest BCUT2D eigenvalue weighted by atomic mass is 10.1. The van der Waals surface area contributed by atoms with E-state index < -0.39 is 0 Å². The first-order valence-corrected chi connectivity index (χ1v) is 8.06. The number of hydrogen-bond donors (Lipinski definition) is 1. The Balaban J connectivity index is 1.91. The highest BCUT2D eigenvalue weighted by Gasteiger charge is 2.10. The van der Waals surface area contributed by atoms with Crippen LogP contribution in [-0.2, 0) is 0 Å². The van der Waals surface area contributed by atoms with Crippen LogP contribution in [0.2, 0.25) is 5.02 Å². The maximum atomic E-state index is 12.6. The fourth-order valence-electron chi connectivity index (χ4n) is 2.40. The number of hydrogen-bond acceptors (Lipinski definition) is 3. The second-order valence-electron chi connectivity index (χ2n) is 5.63. The lowest BCUT2D eigenvalue weighted by Gasteiger charge is -2.00. The zero-order valence-electron chi connectivity index (χ0n) is 13.8. The van der Waals surface area contributed by atoms with Gasteiger partial charge in [0.2, 0.25) is 0 Å². The van der Waals surface area contributed by atoms with Crippen molar-refractivity contribution >= 4 is 29.3 Å². The molecule has 0 bridgehead atoms. The average Bonchev–Trinajstić information content (AvgIpc) is 2.88. The third-order valence-electron chi connectivity index (χ3n) is 3.82. The van der Waals surface area contributed by atoms with Crippen molar-refractivity contribution in [3.8, 4) is 5.69 Å². The summed E-state index contributed by atoms with van der Waals surface area (Å²) in [4.78, 5) is 28.2. The Hall–Kier alpha value is -2.92. The number of halogens is 1. The largest absolute Gasteiger partial charge is 0.295 e. The molecule has 0 aliphatic rings. The van der Waals surface area contributed by atoms with E-state index in [0.717, 1.165) is 0 Å². The van der Waals surface area contributed by atoms with Crippen LogP contribution in [0.3, 0.4) is 0 Å². The summed E-state index contributed by atoms with van der Waals surface area (Å²) in [6.45, 7) is 3.33. The van der Waals surface area contributed by atoms with Gasteiger partial charge in [0.15, 0.2) is 5.78 Å². The Labute approximate surface area is 149 Å². The summed E-state index contributed by atoms with van der Waals surface area (Å²) >= 11 is 5.88. The number of carbonyl (C=O) groups is 1. The molecule has 6 heteroatoms. The van der Waals surface area contributed by atoms with Crippen LogP contribution in [0.5, 0.6) is 0 Å². The molecule has 2 aromatic carbocycles. The number of nitrogens with one attached hydrogen (secondary N) is 1. The second kappa shape index (κ2) is 6.91. The summed E-state index contributed by atoms with van der Waals surface area (Å²) in [7, 11) is 0. The molecular formula is C19H16ClN3O2. The van der Waals surface area contributed by atoms with Gasteiger partial charge in [-0.2, -0.15) is 0 Å². The first-order chi connectivity index (χ1) is 12.0. The van der Waals surface area contributed by atoms with Crippen molar-refractivity contribution in [3.63, 3.8) is 0 Å². The van der Waals surface area contributed by atoms with Gasteiger partial charge in [-0.1, -0.05) is 11.6 Å². The van der Waals surface area contributed by atoms with E-state index in [0.29, 0.717) is 33.2 Å². The first-order valence-electron chi connectivity index (χ1n) is 7.68. The number of Topliss-reactive ketones (excluding diaryl/α,β-unsaturated/α-hetero) is 1. The molecule has 3 aromatic rings. The molecule has 0 fully saturated rings. The standard InChI is InChI=1S/C19H16ClN3O2/c1-12-18(11-21-16-7-3-14(4-8-16)13(2)24)19(25)23(22-12)17-9-5-15(20)6-10-17/h3-11,22H,1-2H3. The molecule has 1 aromatic heterocycles. The summed E-state index contributed by atoms with van der Waals surface area (Å²) in [5.74, 6) is 0.00265. The minimum Gasteiger partial charge on any atom is -0.295 e. The normalized spacial score (nSPS) is 11.2. The number of aromatic amines is 1. The number of benzene rings is 2. The molecule has 0 spiro atoms. The molecule has 25 heavy (non-hydrogen) atoms. The molecule has 0 saturated heterocycles. The summed E-state index contributed by atoms with van der Waals surface area (Å²) in [6.07, 6.45) is 1.53. The molecule has 0 saturated carbocycles. The minimum absolute atomic E-state index is 0.00265. The number of aryl methyl sites for hydroxylation is 1. The predicted octanol–water partition coefficient (Wildman–Crippen LogP) is 4.08. The minimum atomic E-state index is -0.191. The van der Waals surface area contributed by atoms with Gasteiger partial charge >= 0.3 is 0 Å². The van der Waals surface area contributed by atoms with Crippen molar-refractivity contribution < 1.29 is 4.79 Å². The lowest BCUT2D eigenvalue weighted by Crippen LogP contribution is -2.17. The SMILES string of the molecule is CC(=O)c1ccc(N=Cc2c(C)[nH]n(-c3ccc(Cl)cc3)c2=O)cc1. The van der Waals surface area contributed by atoms with Crippen LogP contribution < -0.4 is 5.56 Å². The molecule has 1 N–H and O–H groups in total. The van der Waals surface area contributed by atoms with Crippen LogP contribution in [0.25, 0.3) is 5.69 Å². The fourth-order valence-corrected chi connectivity index (χ4v) is 2.53. The predicted molar refractivity (Wildman–Crippen MR) is 99.8 cm³/mol. The second-order valence-corrected chi connectivity index (χ2v) is 6.07. The number of ketones is 1. The quantitative estimate of drug-likeness (QED) is 0.567. The van der Waals surface area contributed by atoms with Gasteiger partial charge in [-0.05, 0) is 62.4 Å². The molecule has 0 aliphatic carbocycles. The van der Waals surface area contributed by atoms with E-state index in [4.69, 9.17) is 11.6 Å². The molecule has 1 heterocycles. The average molecular weight is 354 g/mol. The lowest BCUT2D eigenvalue weighted by molar-refractivity contribution is 0.101. The van der Waals surface area contributed by atoms with Gasteiger partial charge in [-0.3, -0.25) is 19.7 Å². The number of aliphatic imine (C=N–C) groups is 1. The third-order valence-corrected chi connectivity index (χ3v) is 4.07. The van der Waals surface area contributed by atoms with Crippen molar-refractivity contribution in [2.75, 3.05) is 0 Å². The van der Waals surface area contributed by atoms with Gasteiger partial charge in [0.1, 0.15) is 0 Å². The fraction of sp³-hybridized carbons (Fsp3) is 0.105. The van der Waals surface area contributed by atoms with Gasteiger partial charge in [0, 0.05) is 22.5 Å². The van der Waals surface area contributed by atoms with E-state index in [2.05, 4.69) is 10.1 Å². The molecule has 3 rings (SSSR count). The molecule has 0 amide bonds. The topological polar surface area (TPSA) is 67.2 Å². The molecule has 0 radical (unpaired) electrons. The highest BCUT2D eigenvalue weighted by Crippen LogP contribution is 2.15.